The molecule has 1 N–H and O–H groups in total. The van der Waals surface area contributed by atoms with Crippen molar-refractivity contribution in [2.75, 3.05) is 18.1 Å². The van der Waals surface area contributed by atoms with E-state index < -0.39 is 28.7 Å². The van der Waals surface area contributed by atoms with Gasteiger partial charge in [0.1, 0.15) is 0 Å². The smallest absolute Gasteiger partial charge is 1.00 e. The molecular formula is C16H14Cl2O3SiTi. The fraction of sp³-hybridized carbons (Fsp3) is 0.188. The molecule has 0 amide bonds. The number of aliphatic hydroxyl groups is 1. The largest absolute Gasteiger partial charge is 1.00 e. The van der Waals surface area contributed by atoms with Crippen LogP contribution in [0.3, 0.4) is 0 Å². The van der Waals surface area contributed by atoms with E-state index in [1.807, 2.05) is 12.1 Å². The Labute approximate surface area is 158 Å². The molecule has 23 heavy (non-hydrogen) atoms. The van der Waals surface area contributed by atoms with Crippen LogP contribution in [0, 0.1) is 0 Å². The number of ether oxygens (including phenoxy) is 1. The number of fused-ring (bicyclic) bond motifs is 4. The molecule has 1 heterocycles. The maximum atomic E-state index is 12.0. The molecule has 0 bridgehead atoms. The van der Waals surface area contributed by atoms with Crippen molar-refractivity contribution in [3.63, 3.8) is 0 Å². The van der Waals surface area contributed by atoms with Crippen molar-refractivity contribution in [2.45, 2.75) is 0 Å². The van der Waals surface area contributed by atoms with Crippen LogP contribution in [-0.4, -0.2) is 38.5 Å². The molecule has 7 heteroatoms. The van der Waals surface area contributed by atoms with E-state index in [0.717, 1.165) is 15.7 Å². The Kier molecular flexibility index (Phi) is 6.25. The van der Waals surface area contributed by atoms with Crippen LogP contribution in [0.25, 0.3) is 9.45 Å². The Balaban J connectivity index is 0.000000960. The van der Waals surface area contributed by atoms with E-state index in [1.165, 1.54) is 25.8 Å². The molecule has 1 aromatic carbocycles. The third-order valence-electron chi connectivity index (χ3n) is 4.06. The number of hydrogen-bond donors (Lipinski definition) is 1. The van der Waals surface area contributed by atoms with Crippen LogP contribution in [0.5, 0.6) is 0 Å². The molecule has 4 rings (SSSR count). The zero-order valence-corrected chi connectivity index (χ0v) is 16.7. The molecule has 0 atom stereocenters. The summed E-state index contributed by atoms with van der Waals surface area (Å²) in [5.41, 5.74) is 5.05. The van der Waals surface area contributed by atoms with Gasteiger partial charge in [0, 0.05) is 0 Å². The number of ketones is 1. The van der Waals surface area contributed by atoms with E-state index in [0.29, 0.717) is 6.61 Å². The second kappa shape index (κ2) is 7.62. The number of rotatable bonds is 5. The Morgan fingerprint density at radius 2 is 1.87 bits per heavy atom. The molecule has 0 saturated heterocycles. The Morgan fingerprint density at radius 1 is 1.13 bits per heavy atom. The average molecular weight is 401 g/mol. The topological polar surface area (TPSA) is 46.5 Å². The number of benzene rings is 1. The number of halogens is 2. The van der Waals surface area contributed by atoms with Crippen LogP contribution >= 0.6 is 0 Å². The van der Waals surface area contributed by atoms with Crippen LogP contribution in [-0.2, 0) is 28.7 Å². The van der Waals surface area contributed by atoms with Crippen LogP contribution in [0.2, 0.25) is 0 Å². The first-order valence-electron chi connectivity index (χ1n) is 7.06. The summed E-state index contributed by atoms with van der Waals surface area (Å²) in [6.45, 7) is 0.494. The van der Waals surface area contributed by atoms with Gasteiger partial charge >= 0.3 is 134 Å². The average Bonchev–Trinajstić information content (AvgIpc) is 3.24. The normalized spacial score (nSPS) is 17.6. The number of hydrogen-bond acceptors (Lipinski definition) is 3. The van der Waals surface area contributed by atoms with Gasteiger partial charge in [-0.3, -0.25) is 0 Å². The Morgan fingerprint density at radius 3 is 2.61 bits per heavy atom. The van der Waals surface area contributed by atoms with E-state index in [-0.39, 0.29) is 37.2 Å². The van der Waals surface area contributed by atoms with Gasteiger partial charge < -0.3 is 24.8 Å². The summed E-state index contributed by atoms with van der Waals surface area (Å²) in [6, 6.07) is 8.40. The van der Waals surface area contributed by atoms with Crippen LogP contribution < -0.4 is 24.8 Å². The van der Waals surface area contributed by atoms with E-state index in [2.05, 4.69) is 18.2 Å². The predicted octanol–water partition coefficient (Wildman–Crippen LogP) is -5.17. The predicted molar refractivity (Wildman–Crippen MR) is 79.8 cm³/mol. The fourth-order valence-corrected chi connectivity index (χ4v) is 6.76. The standard InChI is InChI=1S/C13H7OSi.C3H7O2.2ClH.Ti/c14-11-6-9-8-4-2-1-3-7(8)5-10(9)12-13(11)15-12;1-5-3-2-4;;;/h1-4,6H,15H2;4H,1-3H2;2*1H;/q;;;;+2/p-2. The van der Waals surface area contributed by atoms with Gasteiger partial charge in [-0.05, 0) is 0 Å². The van der Waals surface area contributed by atoms with Gasteiger partial charge in [-0.25, -0.2) is 0 Å². The second-order valence-electron chi connectivity index (χ2n) is 5.30. The van der Waals surface area contributed by atoms with Crippen molar-refractivity contribution in [1.29, 1.82) is 0 Å². The minimum atomic E-state index is -0.408. The maximum absolute atomic E-state index is 12.0. The van der Waals surface area contributed by atoms with Gasteiger partial charge in [0.2, 0.25) is 0 Å². The molecular weight excluding hydrogens is 387 g/mol. The molecule has 3 aliphatic rings. The minimum absolute atomic E-state index is 0. The zero-order valence-electron chi connectivity index (χ0n) is 12.2. The van der Waals surface area contributed by atoms with Crippen molar-refractivity contribution in [3.05, 3.63) is 57.4 Å². The van der Waals surface area contributed by atoms with Crippen molar-refractivity contribution >= 4 is 24.8 Å². The zero-order chi connectivity index (χ0) is 14.4. The molecule has 0 fully saturated rings. The molecule has 1 aromatic rings. The summed E-state index contributed by atoms with van der Waals surface area (Å²) in [5, 5.41) is 11.3. The first-order valence-corrected chi connectivity index (χ1v) is 10.4. The summed E-state index contributed by atoms with van der Waals surface area (Å²) >= 11 is -0.408. The fourth-order valence-electron chi connectivity index (χ4n) is 3.07. The number of carbonyl (C=O) groups excluding carboxylic acids is 1. The van der Waals surface area contributed by atoms with Crippen molar-refractivity contribution < 1.29 is 58.6 Å². The molecule has 0 aromatic heterocycles. The third kappa shape index (κ3) is 3.22. The molecule has 1 aliphatic heterocycles. The van der Waals surface area contributed by atoms with Crippen molar-refractivity contribution in [3.8, 4) is 0 Å². The maximum Gasteiger partial charge on any atom is -1.00 e. The summed E-state index contributed by atoms with van der Waals surface area (Å²) in [4.78, 5) is 12.8. The molecule has 2 aliphatic carbocycles. The molecule has 118 valence electrons. The van der Waals surface area contributed by atoms with Crippen molar-refractivity contribution in [1.82, 2.24) is 0 Å². The van der Waals surface area contributed by atoms with Gasteiger partial charge in [-0.2, -0.15) is 0 Å². The number of allylic oxidation sites excluding steroid dienone is 5. The van der Waals surface area contributed by atoms with Crippen molar-refractivity contribution in [2.24, 2.45) is 0 Å². The second-order valence-corrected chi connectivity index (χ2v) is 8.86. The number of carbonyl (C=O) groups is 1. The molecule has 0 saturated carbocycles. The van der Waals surface area contributed by atoms with E-state index in [4.69, 9.17) is 9.84 Å². The van der Waals surface area contributed by atoms with Gasteiger partial charge in [0.25, 0.3) is 0 Å². The summed E-state index contributed by atoms with van der Waals surface area (Å²) in [5.74, 6) is 0.253. The van der Waals surface area contributed by atoms with E-state index in [9.17, 15) is 4.79 Å². The van der Waals surface area contributed by atoms with Gasteiger partial charge in [-0.15, -0.1) is 0 Å². The Bertz CT molecular complexity index is 755. The van der Waals surface area contributed by atoms with E-state index in [1.54, 1.807) is 0 Å². The summed E-state index contributed by atoms with van der Waals surface area (Å²) < 4.78 is 6.93. The van der Waals surface area contributed by atoms with Crippen LogP contribution in [0.15, 0.2) is 46.3 Å². The van der Waals surface area contributed by atoms with Crippen LogP contribution in [0.4, 0.5) is 0 Å². The number of aliphatic hydroxyl groups excluding tert-OH is 1. The van der Waals surface area contributed by atoms with Gasteiger partial charge in [0.15, 0.2) is 0 Å². The summed E-state index contributed by atoms with van der Waals surface area (Å²) in [6.07, 6.45) is 1.85. The third-order valence-corrected chi connectivity index (χ3v) is 7.73. The molecule has 3 nitrogen and oxygen atoms in total. The SMILES string of the molecule is O=C1C=C2C(=[C]([Ti+2][CH2]OCCO)c3ccccc32)C2=C1[SiH2]2.[Cl-].[Cl-]. The summed E-state index contributed by atoms with van der Waals surface area (Å²) in [7, 11) is -0.407. The van der Waals surface area contributed by atoms with Gasteiger partial charge in [-0.1, -0.05) is 0 Å². The first-order chi connectivity index (χ1) is 10.3. The monoisotopic (exact) mass is 400 g/mol. The first kappa shape index (κ1) is 18.9. The molecule has 0 spiro atoms. The quantitative estimate of drug-likeness (QED) is 0.397. The van der Waals surface area contributed by atoms with E-state index >= 15 is 0 Å². The Hall–Kier alpha value is -0.459. The molecule has 0 unspecified atom stereocenters. The van der Waals surface area contributed by atoms with Crippen LogP contribution in [0.1, 0.15) is 11.1 Å². The molecule has 0 radical (unpaired) electrons. The van der Waals surface area contributed by atoms with Gasteiger partial charge in [0.05, 0.1) is 0 Å². The minimum Gasteiger partial charge on any atom is -1.00 e.